The van der Waals surface area contributed by atoms with E-state index in [1.807, 2.05) is 13.0 Å². The molecule has 0 fully saturated rings. The van der Waals surface area contributed by atoms with E-state index >= 15 is 0 Å². The zero-order valence-electron chi connectivity index (χ0n) is 20.3. The molecule has 0 aliphatic rings. The average molecular weight is 479 g/mol. The fourth-order valence-electron chi connectivity index (χ4n) is 3.68. The number of carbonyl (C=O) groups is 2. The van der Waals surface area contributed by atoms with Gasteiger partial charge in [-0.05, 0) is 44.0 Å². The Labute approximate surface area is 203 Å². The first-order chi connectivity index (χ1) is 16.9. The minimum absolute atomic E-state index is 0.0253. The van der Waals surface area contributed by atoms with Crippen LogP contribution in [-0.4, -0.2) is 39.0 Å². The third kappa shape index (κ3) is 5.74. The van der Waals surface area contributed by atoms with Gasteiger partial charge in [-0.25, -0.2) is 9.78 Å². The lowest BCUT2D eigenvalue weighted by Crippen LogP contribution is -2.33. The van der Waals surface area contributed by atoms with Gasteiger partial charge < -0.3 is 14.0 Å². The second-order valence-electron chi connectivity index (χ2n) is 7.88. The Morgan fingerprint density at radius 1 is 1.23 bits per heavy atom. The van der Waals surface area contributed by atoms with Crippen molar-refractivity contribution in [3.63, 3.8) is 0 Å². The van der Waals surface area contributed by atoms with E-state index in [1.165, 1.54) is 22.8 Å². The van der Waals surface area contributed by atoms with Crippen LogP contribution in [0.5, 0.6) is 0 Å². The molecular weight excluding hydrogens is 448 g/mol. The first-order valence-corrected chi connectivity index (χ1v) is 11.6. The van der Waals surface area contributed by atoms with E-state index in [9.17, 15) is 14.4 Å². The largest absolute Gasteiger partial charge is 0.491 e. The third-order valence-corrected chi connectivity index (χ3v) is 5.33. The molecule has 184 valence electrons. The summed E-state index contributed by atoms with van der Waals surface area (Å²) in [6.45, 7) is 9.38. The van der Waals surface area contributed by atoms with Crippen molar-refractivity contribution in [2.45, 2.75) is 46.6 Å². The zero-order valence-corrected chi connectivity index (χ0v) is 20.3. The highest BCUT2D eigenvalue weighted by molar-refractivity contribution is 5.93. The van der Waals surface area contributed by atoms with Gasteiger partial charge in [0.05, 0.1) is 18.3 Å². The maximum absolute atomic E-state index is 13.4. The van der Waals surface area contributed by atoms with Crippen LogP contribution in [0.25, 0.3) is 16.7 Å². The van der Waals surface area contributed by atoms with Gasteiger partial charge in [0.25, 0.3) is 11.5 Å². The maximum atomic E-state index is 13.4. The van der Waals surface area contributed by atoms with Gasteiger partial charge in [0, 0.05) is 12.7 Å². The molecule has 0 saturated carbocycles. The van der Waals surface area contributed by atoms with Crippen LogP contribution in [0.1, 0.15) is 49.0 Å². The van der Waals surface area contributed by atoms with Crippen LogP contribution >= 0.6 is 0 Å². The third-order valence-electron chi connectivity index (χ3n) is 5.33. The number of amides is 1. The van der Waals surface area contributed by atoms with Crippen molar-refractivity contribution in [1.29, 1.82) is 0 Å². The first-order valence-electron chi connectivity index (χ1n) is 11.6. The monoisotopic (exact) mass is 478 g/mol. The second kappa shape index (κ2) is 11.9. The van der Waals surface area contributed by atoms with Gasteiger partial charge >= 0.3 is 5.97 Å². The summed E-state index contributed by atoms with van der Waals surface area (Å²) in [4.78, 5) is 48.0. The number of unbranched alkanes of at least 4 members (excludes halogenated alkanes) is 2. The molecule has 3 aromatic rings. The molecule has 0 aliphatic carbocycles. The lowest BCUT2D eigenvalue weighted by molar-refractivity contribution is -0.120. The van der Waals surface area contributed by atoms with Crippen molar-refractivity contribution >= 4 is 28.6 Å². The number of esters is 1. The van der Waals surface area contributed by atoms with E-state index in [0.717, 1.165) is 24.8 Å². The minimum atomic E-state index is -0.675. The summed E-state index contributed by atoms with van der Waals surface area (Å²) in [6.07, 6.45) is 8.64. The van der Waals surface area contributed by atoms with Crippen LogP contribution in [0.2, 0.25) is 0 Å². The van der Waals surface area contributed by atoms with Crippen LogP contribution < -0.4 is 11.0 Å². The quantitative estimate of drug-likeness (QED) is 0.145. The Balaban J connectivity index is 2.37. The first kappa shape index (κ1) is 25.6. The number of allylic oxidation sites excluding steroid dienone is 2. The molecule has 0 radical (unpaired) electrons. The smallest absolute Gasteiger partial charge is 0.341 e. The number of aromatic nitrogens is 3. The molecule has 0 aliphatic heterocycles. The molecule has 3 rings (SSSR count). The molecule has 9 nitrogen and oxygen atoms in total. The van der Waals surface area contributed by atoms with E-state index in [2.05, 4.69) is 18.5 Å². The number of pyridine rings is 2. The molecule has 0 aromatic carbocycles. The standard InChI is InChI=1S/C26H30N4O5/c1-5-8-10-13-29-23-19(25(32)30-14-11-12-18(4)22(30)28-23)16-20(26(33)35-7-3)24(29)27-21(31)17-34-15-9-6-2/h6,9,11-12,14-16H,2,5,7-8,10,13,17H2,1,3-4H3/b15-9+,27-24?. The molecule has 0 spiro atoms. The molecule has 3 heterocycles. The van der Waals surface area contributed by atoms with Crippen molar-refractivity contribution < 1.29 is 19.1 Å². The van der Waals surface area contributed by atoms with Gasteiger partial charge in [0.15, 0.2) is 12.1 Å². The van der Waals surface area contributed by atoms with Crippen LogP contribution in [-0.2, 0) is 20.8 Å². The minimum Gasteiger partial charge on any atom is -0.491 e. The van der Waals surface area contributed by atoms with Gasteiger partial charge in [0.1, 0.15) is 16.9 Å². The Morgan fingerprint density at radius 3 is 2.74 bits per heavy atom. The van der Waals surface area contributed by atoms with Crippen molar-refractivity contribution in [3.8, 4) is 0 Å². The summed E-state index contributed by atoms with van der Waals surface area (Å²) in [5.41, 5.74) is 1.47. The summed E-state index contributed by atoms with van der Waals surface area (Å²) in [6, 6.07) is 5.05. The highest BCUT2D eigenvalue weighted by Crippen LogP contribution is 2.14. The predicted molar refractivity (Wildman–Crippen MR) is 133 cm³/mol. The van der Waals surface area contributed by atoms with Gasteiger partial charge in [-0.15, -0.1) is 0 Å². The molecule has 35 heavy (non-hydrogen) atoms. The number of ether oxygens (including phenoxy) is 2. The Kier molecular flexibility index (Phi) is 8.72. The average Bonchev–Trinajstić information content (AvgIpc) is 2.84. The van der Waals surface area contributed by atoms with Crippen molar-refractivity contribution in [1.82, 2.24) is 14.0 Å². The number of rotatable bonds is 10. The van der Waals surface area contributed by atoms with Crippen LogP contribution in [0, 0.1) is 6.92 Å². The molecule has 0 N–H and O–H groups in total. The predicted octanol–water partition coefficient (Wildman–Crippen LogP) is 3.47. The van der Waals surface area contributed by atoms with E-state index in [0.29, 0.717) is 17.8 Å². The number of hydrogen-bond acceptors (Lipinski definition) is 6. The van der Waals surface area contributed by atoms with Crippen molar-refractivity contribution in [2.24, 2.45) is 4.99 Å². The molecular formula is C26H30N4O5. The molecule has 0 atom stereocenters. The summed E-state index contributed by atoms with van der Waals surface area (Å²) < 4.78 is 13.5. The lowest BCUT2D eigenvalue weighted by Gasteiger charge is -2.15. The highest BCUT2D eigenvalue weighted by Gasteiger charge is 2.20. The number of fused-ring (bicyclic) bond motifs is 2. The molecule has 3 aromatic heterocycles. The maximum Gasteiger partial charge on any atom is 0.341 e. The van der Waals surface area contributed by atoms with Gasteiger partial charge in [-0.3, -0.25) is 14.0 Å². The van der Waals surface area contributed by atoms with E-state index in [1.54, 1.807) is 29.8 Å². The highest BCUT2D eigenvalue weighted by atomic mass is 16.5. The zero-order chi connectivity index (χ0) is 25.4. The number of hydrogen-bond donors (Lipinski definition) is 0. The van der Waals surface area contributed by atoms with Gasteiger partial charge in [0.2, 0.25) is 0 Å². The van der Waals surface area contributed by atoms with Crippen LogP contribution in [0.15, 0.2) is 59.2 Å². The molecule has 0 bridgehead atoms. The number of aryl methyl sites for hydroxylation is 2. The molecule has 0 saturated heterocycles. The van der Waals surface area contributed by atoms with Gasteiger partial charge in [-0.2, -0.15) is 4.99 Å². The lowest BCUT2D eigenvalue weighted by atomic mass is 10.2. The van der Waals surface area contributed by atoms with Crippen LogP contribution in [0.3, 0.4) is 0 Å². The summed E-state index contributed by atoms with van der Waals surface area (Å²) in [7, 11) is 0. The fourth-order valence-corrected chi connectivity index (χ4v) is 3.68. The number of carbonyl (C=O) groups excluding carboxylic acids is 2. The Bertz CT molecular complexity index is 1420. The van der Waals surface area contributed by atoms with E-state index in [4.69, 9.17) is 14.5 Å². The van der Waals surface area contributed by atoms with E-state index in [-0.39, 0.29) is 35.2 Å². The number of nitrogens with zero attached hydrogens (tertiary/aromatic N) is 4. The topological polar surface area (TPSA) is 104 Å². The Hall–Kier alpha value is -4.01. The SMILES string of the molecule is C=C/C=C/OCC(=O)N=c1c(C(=O)OCC)cc2c(=O)n3cccc(C)c3nc2n1CCCCC. The summed E-state index contributed by atoms with van der Waals surface area (Å²) in [5, 5.41) is 0.240. The second-order valence-corrected chi connectivity index (χ2v) is 7.88. The fraction of sp³-hybridized carbons (Fsp3) is 0.346. The molecule has 0 unspecified atom stereocenters. The normalized spacial score (nSPS) is 11.9. The molecule has 9 heteroatoms. The van der Waals surface area contributed by atoms with Crippen molar-refractivity contribution in [3.05, 3.63) is 76.4 Å². The Morgan fingerprint density at radius 2 is 2.03 bits per heavy atom. The van der Waals surface area contributed by atoms with Gasteiger partial charge in [-0.1, -0.05) is 38.5 Å². The molecule has 1 amide bonds. The van der Waals surface area contributed by atoms with E-state index < -0.39 is 11.9 Å². The van der Waals surface area contributed by atoms with Crippen LogP contribution in [0.4, 0.5) is 0 Å². The van der Waals surface area contributed by atoms with Crippen molar-refractivity contribution in [2.75, 3.05) is 13.2 Å². The summed E-state index contributed by atoms with van der Waals surface area (Å²) >= 11 is 0. The summed E-state index contributed by atoms with van der Waals surface area (Å²) in [5.74, 6) is -1.27.